The van der Waals surface area contributed by atoms with Crippen molar-refractivity contribution in [1.29, 1.82) is 0 Å². The Kier molecular flexibility index (Phi) is 4.08. The molecule has 0 radical (unpaired) electrons. The number of carbonyl (C=O) groups excluding carboxylic acids is 3. The molecule has 5 nitrogen and oxygen atoms in total. The number of imide groups is 2. The predicted octanol–water partition coefficient (Wildman–Crippen LogP) is 2.98. The van der Waals surface area contributed by atoms with Gasteiger partial charge < -0.3 is 0 Å². The fraction of sp³-hybridized carbons (Fsp3) is 0.118. The first-order valence-corrected chi connectivity index (χ1v) is 8.07. The zero-order chi connectivity index (χ0) is 16.4. The van der Waals surface area contributed by atoms with Gasteiger partial charge in [0, 0.05) is 0 Å². The summed E-state index contributed by atoms with van der Waals surface area (Å²) < 4.78 is 0. The van der Waals surface area contributed by atoms with E-state index in [2.05, 4.69) is 5.32 Å². The molecule has 116 valence electrons. The lowest BCUT2D eigenvalue weighted by atomic mass is 10.1. The van der Waals surface area contributed by atoms with Gasteiger partial charge in [-0.2, -0.15) is 11.3 Å². The number of carbonyl (C=O) groups is 3. The van der Waals surface area contributed by atoms with Gasteiger partial charge >= 0.3 is 6.03 Å². The number of hydrogen-bond donors (Lipinski definition) is 1. The number of anilines is 1. The second kappa shape index (κ2) is 6.18. The molecule has 1 aliphatic rings. The third-order valence-electron chi connectivity index (χ3n) is 3.56. The molecule has 2 heterocycles. The monoisotopic (exact) mass is 326 g/mol. The van der Waals surface area contributed by atoms with Crippen LogP contribution in [0.5, 0.6) is 0 Å². The molecule has 0 atom stereocenters. The van der Waals surface area contributed by atoms with Crippen molar-refractivity contribution < 1.29 is 14.4 Å². The highest BCUT2D eigenvalue weighted by molar-refractivity contribution is 7.08. The highest BCUT2D eigenvalue weighted by atomic mass is 32.1. The summed E-state index contributed by atoms with van der Waals surface area (Å²) in [5, 5.41) is 5.89. The largest absolute Gasteiger partial charge is 0.335 e. The molecule has 1 N–H and O–H groups in total. The molecule has 23 heavy (non-hydrogen) atoms. The lowest BCUT2D eigenvalue weighted by Crippen LogP contribution is -2.54. The fourth-order valence-electron chi connectivity index (χ4n) is 2.30. The topological polar surface area (TPSA) is 66.5 Å². The van der Waals surface area contributed by atoms with Crippen LogP contribution in [-0.4, -0.2) is 17.8 Å². The molecule has 1 aromatic heterocycles. The van der Waals surface area contributed by atoms with E-state index in [1.54, 1.807) is 18.2 Å². The number of hydrogen-bond acceptors (Lipinski definition) is 4. The van der Waals surface area contributed by atoms with Crippen LogP contribution in [0.4, 0.5) is 10.5 Å². The minimum atomic E-state index is -0.730. The Morgan fingerprint density at radius 1 is 1.13 bits per heavy atom. The van der Waals surface area contributed by atoms with E-state index in [0.717, 1.165) is 22.4 Å². The molecule has 1 saturated heterocycles. The van der Waals surface area contributed by atoms with E-state index < -0.39 is 17.8 Å². The molecule has 0 saturated carbocycles. The molecule has 4 amide bonds. The predicted molar refractivity (Wildman–Crippen MR) is 89.1 cm³/mol. The van der Waals surface area contributed by atoms with Crippen LogP contribution in [-0.2, 0) is 16.0 Å². The normalized spacial score (nSPS) is 16.8. The van der Waals surface area contributed by atoms with E-state index in [-0.39, 0.29) is 5.57 Å². The minimum absolute atomic E-state index is 0.0532. The van der Waals surface area contributed by atoms with Crippen molar-refractivity contribution in [1.82, 2.24) is 5.32 Å². The van der Waals surface area contributed by atoms with Crippen molar-refractivity contribution in [3.05, 3.63) is 57.8 Å². The molecule has 2 aromatic rings. The van der Waals surface area contributed by atoms with Crippen molar-refractivity contribution in [3.63, 3.8) is 0 Å². The molecular weight excluding hydrogens is 312 g/mol. The Morgan fingerprint density at radius 2 is 1.87 bits per heavy atom. The lowest BCUT2D eigenvalue weighted by molar-refractivity contribution is -0.122. The Morgan fingerprint density at radius 3 is 2.48 bits per heavy atom. The van der Waals surface area contributed by atoms with Crippen LogP contribution >= 0.6 is 11.3 Å². The highest BCUT2D eigenvalue weighted by Gasteiger charge is 2.36. The van der Waals surface area contributed by atoms with E-state index in [1.807, 2.05) is 29.8 Å². The molecule has 0 aliphatic carbocycles. The average molecular weight is 326 g/mol. The van der Waals surface area contributed by atoms with Crippen LogP contribution in [0.3, 0.4) is 0 Å². The summed E-state index contributed by atoms with van der Waals surface area (Å²) in [5.41, 5.74) is 2.24. The Bertz CT molecular complexity index is 792. The second-order valence-corrected chi connectivity index (χ2v) is 5.81. The first-order chi connectivity index (χ1) is 11.1. The lowest BCUT2D eigenvalue weighted by Gasteiger charge is -2.26. The molecule has 6 heteroatoms. The van der Waals surface area contributed by atoms with Gasteiger partial charge in [0.05, 0.1) is 5.69 Å². The van der Waals surface area contributed by atoms with Gasteiger partial charge in [0.25, 0.3) is 11.8 Å². The maximum atomic E-state index is 12.6. The third-order valence-corrected chi connectivity index (χ3v) is 4.26. The molecule has 0 bridgehead atoms. The number of barbiturate groups is 1. The second-order valence-electron chi connectivity index (χ2n) is 5.03. The van der Waals surface area contributed by atoms with Gasteiger partial charge in [-0.3, -0.25) is 14.9 Å². The zero-order valence-electron chi connectivity index (χ0n) is 12.4. The van der Waals surface area contributed by atoms with Crippen LogP contribution < -0.4 is 10.2 Å². The maximum absolute atomic E-state index is 12.6. The smallest absolute Gasteiger partial charge is 0.273 e. The van der Waals surface area contributed by atoms with Crippen molar-refractivity contribution in [2.75, 3.05) is 4.90 Å². The first kappa shape index (κ1) is 15.2. The summed E-state index contributed by atoms with van der Waals surface area (Å²) >= 11 is 1.46. The summed E-state index contributed by atoms with van der Waals surface area (Å²) in [5.74, 6) is -1.29. The summed E-state index contributed by atoms with van der Waals surface area (Å²) in [6, 6.07) is 8.19. The molecule has 0 spiro atoms. The van der Waals surface area contributed by atoms with Crippen LogP contribution in [0.15, 0.2) is 46.7 Å². The summed E-state index contributed by atoms with van der Waals surface area (Å²) in [6.07, 6.45) is 2.36. The quantitative estimate of drug-likeness (QED) is 0.696. The fourth-order valence-corrected chi connectivity index (χ4v) is 2.91. The molecule has 3 rings (SSSR count). The van der Waals surface area contributed by atoms with Crippen LogP contribution in [0.2, 0.25) is 0 Å². The van der Waals surface area contributed by atoms with Gasteiger partial charge in [-0.15, -0.1) is 0 Å². The van der Waals surface area contributed by atoms with Gasteiger partial charge in [-0.1, -0.05) is 19.1 Å². The average Bonchev–Trinajstić information content (AvgIpc) is 3.05. The zero-order valence-corrected chi connectivity index (χ0v) is 13.2. The van der Waals surface area contributed by atoms with E-state index >= 15 is 0 Å². The Balaban J connectivity index is 1.98. The van der Waals surface area contributed by atoms with Gasteiger partial charge in [0.15, 0.2) is 0 Å². The molecule has 1 aromatic carbocycles. The minimum Gasteiger partial charge on any atom is -0.273 e. The summed E-state index contributed by atoms with van der Waals surface area (Å²) in [7, 11) is 0. The van der Waals surface area contributed by atoms with E-state index in [0.29, 0.717) is 5.69 Å². The molecular formula is C17H14N2O3S. The number of rotatable bonds is 3. The van der Waals surface area contributed by atoms with Crippen LogP contribution in [0, 0.1) is 0 Å². The third kappa shape index (κ3) is 2.93. The summed E-state index contributed by atoms with van der Waals surface area (Å²) in [6.45, 7) is 2.02. The number of amides is 4. The van der Waals surface area contributed by atoms with Crippen LogP contribution in [0.1, 0.15) is 18.1 Å². The number of benzene rings is 1. The van der Waals surface area contributed by atoms with Crippen LogP contribution in [0.25, 0.3) is 6.08 Å². The van der Waals surface area contributed by atoms with Crippen molar-refractivity contribution in [2.24, 2.45) is 0 Å². The molecule has 1 fully saturated rings. The van der Waals surface area contributed by atoms with Gasteiger partial charge in [0.2, 0.25) is 0 Å². The van der Waals surface area contributed by atoms with Crippen molar-refractivity contribution >= 4 is 40.9 Å². The highest BCUT2D eigenvalue weighted by Crippen LogP contribution is 2.22. The van der Waals surface area contributed by atoms with Gasteiger partial charge in [-0.25, -0.2) is 9.69 Å². The van der Waals surface area contributed by atoms with Crippen molar-refractivity contribution in [3.8, 4) is 0 Å². The SMILES string of the molecule is CCc1ccc(N2C(=O)NC(=O)/C(=C/c3ccsc3)C2=O)cc1. The van der Waals surface area contributed by atoms with Crippen molar-refractivity contribution in [2.45, 2.75) is 13.3 Å². The maximum Gasteiger partial charge on any atom is 0.335 e. The summed E-state index contributed by atoms with van der Waals surface area (Å²) in [4.78, 5) is 37.6. The van der Waals surface area contributed by atoms with E-state index in [4.69, 9.17) is 0 Å². The molecule has 1 aliphatic heterocycles. The number of aryl methyl sites for hydroxylation is 1. The Hall–Kier alpha value is -2.73. The number of thiophene rings is 1. The van der Waals surface area contributed by atoms with E-state index in [9.17, 15) is 14.4 Å². The molecule has 0 unspecified atom stereocenters. The van der Waals surface area contributed by atoms with Gasteiger partial charge in [0.1, 0.15) is 5.57 Å². The Labute approximate surface area is 137 Å². The van der Waals surface area contributed by atoms with E-state index in [1.165, 1.54) is 17.4 Å². The standard InChI is InChI=1S/C17H14N2O3S/c1-2-11-3-5-13(6-4-11)19-16(21)14(15(20)18-17(19)22)9-12-7-8-23-10-12/h3-10H,2H2,1H3,(H,18,20,22)/b14-9-. The number of nitrogens with one attached hydrogen (secondary N) is 1. The first-order valence-electron chi connectivity index (χ1n) is 7.12. The van der Waals surface area contributed by atoms with Gasteiger partial charge in [-0.05, 0) is 52.6 Å². The number of nitrogens with zero attached hydrogens (tertiary/aromatic N) is 1. The number of urea groups is 1.